The van der Waals surface area contributed by atoms with E-state index in [4.69, 9.17) is 4.74 Å². The standard InChI is InChI=1S/C20H35N7O8/c1-4-5-22-19(33)11-35-12-20(34)26-9-17(31)25-10-18(32)27-13(2)6-14(28)23-8-16(30)24-7-15(29)21-3/h13H,4-12H2,1-3H3,(H,21,29)(H,22,33)(H,23,28)(H,24,30)(H,25,31)(H,26,34)(H,27,32). The van der Waals surface area contributed by atoms with Crippen LogP contribution in [0.2, 0.25) is 0 Å². The SMILES string of the molecule is CCCNC(=O)COCC(=O)NCC(=O)NCC(=O)NC(C)CC(=O)NCC(=O)NCC(=O)NC. The van der Waals surface area contributed by atoms with Crippen molar-refractivity contribution >= 4 is 41.4 Å². The Morgan fingerprint density at radius 1 is 0.629 bits per heavy atom. The van der Waals surface area contributed by atoms with E-state index in [1.54, 1.807) is 6.92 Å². The average Bonchev–Trinajstić information content (AvgIpc) is 2.81. The van der Waals surface area contributed by atoms with Gasteiger partial charge < -0.3 is 42.0 Å². The molecule has 7 amide bonds. The molecule has 7 N–H and O–H groups in total. The third-order valence-corrected chi connectivity index (χ3v) is 4.00. The van der Waals surface area contributed by atoms with Gasteiger partial charge in [0.15, 0.2) is 0 Å². The Balaban J connectivity index is 3.96. The summed E-state index contributed by atoms with van der Waals surface area (Å²) in [6.45, 7) is 1.99. The largest absolute Gasteiger partial charge is 0.362 e. The molecule has 0 rings (SSSR count). The topological polar surface area (TPSA) is 213 Å². The Hall–Kier alpha value is -3.75. The molecule has 1 atom stereocenters. The normalized spacial score (nSPS) is 10.8. The van der Waals surface area contributed by atoms with E-state index in [-0.39, 0.29) is 44.5 Å². The number of ether oxygens (including phenoxy) is 1. The van der Waals surface area contributed by atoms with Crippen molar-refractivity contribution in [3.63, 3.8) is 0 Å². The van der Waals surface area contributed by atoms with Gasteiger partial charge in [-0.25, -0.2) is 0 Å². The quantitative estimate of drug-likeness (QED) is 0.103. The fourth-order valence-electron chi connectivity index (χ4n) is 2.26. The van der Waals surface area contributed by atoms with Crippen LogP contribution in [-0.2, 0) is 38.3 Å². The summed E-state index contributed by atoms with van der Waals surface area (Å²) in [6, 6.07) is -0.584. The number of nitrogens with one attached hydrogen (secondary N) is 7. The van der Waals surface area contributed by atoms with Gasteiger partial charge in [0.05, 0.1) is 26.2 Å². The van der Waals surface area contributed by atoms with Gasteiger partial charge in [-0.1, -0.05) is 6.92 Å². The van der Waals surface area contributed by atoms with Crippen molar-refractivity contribution in [1.82, 2.24) is 37.2 Å². The second-order valence-electron chi connectivity index (χ2n) is 7.30. The van der Waals surface area contributed by atoms with Crippen LogP contribution in [0.25, 0.3) is 0 Å². The molecule has 0 aromatic heterocycles. The minimum atomic E-state index is -0.623. The lowest BCUT2D eigenvalue weighted by molar-refractivity contribution is -0.132. The first-order chi connectivity index (χ1) is 16.6. The number of hydrogen-bond acceptors (Lipinski definition) is 8. The van der Waals surface area contributed by atoms with Gasteiger partial charge >= 0.3 is 0 Å². The molecular weight excluding hydrogens is 466 g/mol. The van der Waals surface area contributed by atoms with Gasteiger partial charge in [0.2, 0.25) is 41.4 Å². The zero-order valence-corrected chi connectivity index (χ0v) is 20.2. The first kappa shape index (κ1) is 31.2. The summed E-state index contributed by atoms with van der Waals surface area (Å²) < 4.78 is 4.93. The van der Waals surface area contributed by atoms with Gasteiger partial charge in [0.25, 0.3) is 0 Å². The van der Waals surface area contributed by atoms with E-state index in [2.05, 4.69) is 37.2 Å². The van der Waals surface area contributed by atoms with Crippen LogP contribution in [0.3, 0.4) is 0 Å². The van der Waals surface area contributed by atoms with Crippen LogP contribution >= 0.6 is 0 Å². The number of rotatable bonds is 17. The first-order valence-electron chi connectivity index (χ1n) is 11.0. The third kappa shape index (κ3) is 18.4. The van der Waals surface area contributed by atoms with E-state index >= 15 is 0 Å². The summed E-state index contributed by atoms with van der Waals surface area (Å²) in [5, 5.41) is 16.7. The Morgan fingerprint density at radius 3 is 1.63 bits per heavy atom. The molecule has 0 aromatic rings. The maximum absolute atomic E-state index is 11.9. The molecule has 0 saturated heterocycles. The van der Waals surface area contributed by atoms with Gasteiger partial charge in [-0.3, -0.25) is 33.6 Å². The zero-order chi connectivity index (χ0) is 26.6. The van der Waals surface area contributed by atoms with Crippen molar-refractivity contribution in [2.75, 3.05) is 53.0 Å². The molecule has 0 radical (unpaired) electrons. The van der Waals surface area contributed by atoms with Crippen LogP contribution in [0.4, 0.5) is 0 Å². The molecule has 0 spiro atoms. The second kappa shape index (κ2) is 18.7. The van der Waals surface area contributed by atoms with Crippen LogP contribution in [0.5, 0.6) is 0 Å². The lowest BCUT2D eigenvalue weighted by atomic mass is 10.2. The molecule has 0 aromatic carbocycles. The second-order valence-corrected chi connectivity index (χ2v) is 7.30. The first-order valence-corrected chi connectivity index (χ1v) is 11.0. The third-order valence-electron chi connectivity index (χ3n) is 4.00. The molecule has 0 fully saturated rings. The van der Waals surface area contributed by atoms with E-state index in [0.717, 1.165) is 6.42 Å². The van der Waals surface area contributed by atoms with Crippen LogP contribution in [0.15, 0.2) is 0 Å². The molecule has 0 aliphatic rings. The fraction of sp³-hybridized carbons (Fsp3) is 0.650. The van der Waals surface area contributed by atoms with Crippen molar-refractivity contribution in [3.05, 3.63) is 0 Å². The lowest BCUT2D eigenvalue weighted by Gasteiger charge is -2.14. The predicted octanol–water partition coefficient (Wildman–Crippen LogP) is -4.37. The summed E-state index contributed by atoms with van der Waals surface area (Å²) in [7, 11) is 1.42. The fourth-order valence-corrected chi connectivity index (χ4v) is 2.26. The van der Waals surface area contributed by atoms with Crippen molar-refractivity contribution < 1.29 is 38.3 Å². The Bertz CT molecular complexity index is 760. The molecule has 15 nitrogen and oxygen atoms in total. The molecule has 35 heavy (non-hydrogen) atoms. The predicted molar refractivity (Wildman–Crippen MR) is 122 cm³/mol. The molecule has 0 saturated carbocycles. The summed E-state index contributed by atoms with van der Waals surface area (Å²) in [5.41, 5.74) is 0. The van der Waals surface area contributed by atoms with E-state index in [0.29, 0.717) is 6.54 Å². The highest BCUT2D eigenvalue weighted by atomic mass is 16.5. The van der Waals surface area contributed by atoms with Crippen LogP contribution < -0.4 is 37.2 Å². The van der Waals surface area contributed by atoms with Crippen LogP contribution in [0.1, 0.15) is 26.7 Å². The summed E-state index contributed by atoms with van der Waals surface area (Å²) >= 11 is 0. The smallest absolute Gasteiger partial charge is 0.246 e. The highest BCUT2D eigenvalue weighted by Gasteiger charge is 2.14. The van der Waals surface area contributed by atoms with Gasteiger partial charge in [-0.15, -0.1) is 0 Å². The zero-order valence-electron chi connectivity index (χ0n) is 20.2. The number of likely N-dealkylation sites (N-methyl/N-ethyl adjacent to an activating group) is 1. The molecule has 0 aliphatic carbocycles. The van der Waals surface area contributed by atoms with Crippen LogP contribution in [0, 0.1) is 0 Å². The van der Waals surface area contributed by atoms with E-state index < -0.39 is 48.7 Å². The monoisotopic (exact) mass is 501 g/mol. The molecule has 15 heteroatoms. The van der Waals surface area contributed by atoms with Crippen molar-refractivity contribution in [1.29, 1.82) is 0 Å². The van der Waals surface area contributed by atoms with Crippen molar-refractivity contribution in [3.8, 4) is 0 Å². The molecule has 1 unspecified atom stereocenters. The molecule has 0 bridgehead atoms. The van der Waals surface area contributed by atoms with E-state index in [1.165, 1.54) is 7.05 Å². The van der Waals surface area contributed by atoms with Crippen LogP contribution in [-0.4, -0.2) is 100 Å². The van der Waals surface area contributed by atoms with Crippen molar-refractivity contribution in [2.24, 2.45) is 0 Å². The minimum absolute atomic E-state index is 0.116. The maximum Gasteiger partial charge on any atom is 0.246 e. The van der Waals surface area contributed by atoms with Gasteiger partial charge in [0, 0.05) is 26.1 Å². The highest BCUT2D eigenvalue weighted by molar-refractivity contribution is 5.90. The van der Waals surface area contributed by atoms with Crippen molar-refractivity contribution in [2.45, 2.75) is 32.7 Å². The Morgan fingerprint density at radius 2 is 1.09 bits per heavy atom. The number of amides is 7. The summed E-state index contributed by atoms with van der Waals surface area (Å²) in [4.78, 5) is 81.0. The summed E-state index contributed by atoms with van der Waals surface area (Å²) in [6.07, 6.45) is 0.658. The molecular formula is C20H35N7O8. The minimum Gasteiger partial charge on any atom is -0.362 e. The lowest BCUT2D eigenvalue weighted by Crippen LogP contribution is -2.46. The number of carbonyl (C=O) groups excluding carboxylic acids is 7. The highest BCUT2D eigenvalue weighted by Crippen LogP contribution is 1.90. The van der Waals surface area contributed by atoms with E-state index in [9.17, 15) is 33.6 Å². The number of carbonyl (C=O) groups is 7. The van der Waals surface area contributed by atoms with Gasteiger partial charge in [-0.05, 0) is 13.3 Å². The van der Waals surface area contributed by atoms with E-state index in [1.807, 2.05) is 6.92 Å². The Labute approximate surface area is 203 Å². The van der Waals surface area contributed by atoms with Gasteiger partial charge in [-0.2, -0.15) is 0 Å². The Kier molecular flexibility index (Phi) is 16.7. The number of hydrogen-bond donors (Lipinski definition) is 7. The molecule has 0 aliphatic heterocycles. The molecule has 198 valence electrons. The summed E-state index contributed by atoms with van der Waals surface area (Å²) in [5.74, 6) is -3.55. The van der Waals surface area contributed by atoms with Gasteiger partial charge in [0.1, 0.15) is 13.2 Å². The maximum atomic E-state index is 11.9. The molecule has 0 heterocycles. The average molecular weight is 502 g/mol.